The Morgan fingerprint density at radius 1 is 0.931 bits per heavy atom. The van der Waals surface area contributed by atoms with Gasteiger partial charge in [-0.15, -0.1) is 5.39 Å². The molecule has 5 heteroatoms. The van der Waals surface area contributed by atoms with Gasteiger partial charge < -0.3 is 4.42 Å². The van der Waals surface area contributed by atoms with E-state index >= 15 is 0 Å². The number of rotatable bonds is 1. The van der Waals surface area contributed by atoms with Crippen LogP contribution in [0.1, 0.15) is 33.7 Å². The summed E-state index contributed by atoms with van der Waals surface area (Å²) < 4.78 is 7.84. The van der Waals surface area contributed by atoms with Crippen LogP contribution in [0.4, 0.5) is 0 Å². The zero-order chi connectivity index (χ0) is 19.7. The van der Waals surface area contributed by atoms with Crippen LogP contribution in [0.15, 0.2) is 28.7 Å². The first-order valence-electron chi connectivity index (χ1n) is 9.55. The zero-order valence-electron chi connectivity index (χ0n) is 17.4. The summed E-state index contributed by atoms with van der Waals surface area (Å²) in [6.07, 6.45) is 0. The minimum absolute atomic E-state index is 0. The molecule has 0 spiro atoms. The number of benzene rings is 2. The van der Waals surface area contributed by atoms with Crippen molar-refractivity contribution in [2.24, 2.45) is 0 Å². The molecule has 5 aromatic rings. The molecule has 0 fully saturated rings. The van der Waals surface area contributed by atoms with E-state index in [2.05, 4.69) is 50.9 Å². The second-order valence-electron chi connectivity index (χ2n) is 7.67. The zero-order valence-corrected chi connectivity index (χ0v) is 19.8. The summed E-state index contributed by atoms with van der Waals surface area (Å²) in [5.41, 5.74) is 8.97. The monoisotopic (exact) mass is 561 g/mol. The van der Waals surface area contributed by atoms with Gasteiger partial charge in [-0.25, -0.2) is 4.98 Å². The molecule has 2 aromatic carbocycles. The normalized spacial score (nSPS) is 11.5. The van der Waals surface area contributed by atoms with Gasteiger partial charge in [0.15, 0.2) is 0 Å². The van der Waals surface area contributed by atoms with E-state index in [0.717, 1.165) is 28.2 Å². The van der Waals surface area contributed by atoms with Gasteiger partial charge in [0.05, 0.1) is 11.2 Å². The van der Waals surface area contributed by atoms with Crippen molar-refractivity contribution >= 4 is 27.2 Å². The Morgan fingerprint density at radius 3 is 2.28 bits per heavy atom. The molecule has 0 N–H and O–H groups in total. The first kappa shape index (κ1) is 19.8. The van der Waals surface area contributed by atoms with Crippen molar-refractivity contribution in [1.29, 1.82) is 0 Å². The molecule has 0 bridgehead atoms. The molecule has 0 aliphatic carbocycles. The fourth-order valence-electron chi connectivity index (χ4n) is 4.19. The van der Waals surface area contributed by atoms with E-state index in [1.54, 1.807) is 0 Å². The first-order valence-corrected chi connectivity index (χ1v) is 9.55. The molecule has 3 aromatic heterocycles. The van der Waals surface area contributed by atoms with Gasteiger partial charge in [0, 0.05) is 20.1 Å². The van der Waals surface area contributed by atoms with Gasteiger partial charge in [-0.3, -0.25) is 4.52 Å². The fourth-order valence-corrected chi connectivity index (χ4v) is 4.19. The number of nitrogens with zero attached hydrogens (tertiary/aromatic N) is 3. The number of fused-ring (bicyclic) bond motifs is 6. The molecule has 3 heterocycles. The van der Waals surface area contributed by atoms with Crippen LogP contribution in [0.2, 0.25) is 0 Å². The molecular weight excluding hydrogens is 539 g/mol. The largest absolute Gasteiger partial charge is 0.440 e. The Morgan fingerprint density at radius 2 is 1.62 bits per heavy atom. The SMILES string of the molecule is Cc1nc(-c2cc3c4c(C)c(C)c(C)c(C)c4c4ccc[c-]c4n3n2)oc1C.[Ir]. The van der Waals surface area contributed by atoms with Gasteiger partial charge in [0.2, 0.25) is 5.89 Å². The van der Waals surface area contributed by atoms with Gasteiger partial charge in [0.1, 0.15) is 11.5 Å². The van der Waals surface area contributed by atoms with Crippen LogP contribution in [-0.4, -0.2) is 14.6 Å². The number of aryl methyl sites for hydroxylation is 4. The van der Waals surface area contributed by atoms with Crippen molar-refractivity contribution in [1.82, 2.24) is 14.6 Å². The molecule has 0 atom stereocenters. The molecule has 0 saturated heterocycles. The average Bonchev–Trinajstić information content (AvgIpc) is 3.27. The first-order chi connectivity index (χ1) is 13.4. The van der Waals surface area contributed by atoms with E-state index < -0.39 is 0 Å². The van der Waals surface area contributed by atoms with E-state index in [9.17, 15) is 0 Å². The van der Waals surface area contributed by atoms with Crippen molar-refractivity contribution < 1.29 is 24.5 Å². The predicted octanol–water partition coefficient (Wildman–Crippen LogP) is 5.94. The molecule has 149 valence electrons. The van der Waals surface area contributed by atoms with Crippen LogP contribution in [0.3, 0.4) is 0 Å². The maximum Gasteiger partial charge on any atom is 0.247 e. The molecular formula is C24H22IrN3O-. The molecule has 0 aliphatic rings. The molecule has 0 amide bonds. The summed E-state index contributed by atoms with van der Waals surface area (Å²) in [4.78, 5) is 4.55. The molecule has 1 radical (unpaired) electrons. The number of aromatic nitrogens is 3. The molecule has 0 unspecified atom stereocenters. The average molecular weight is 561 g/mol. The number of hydrogen-bond donors (Lipinski definition) is 0. The second-order valence-corrected chi connectivity index (χ2v) is 7.67. The summed E-state index contributed by atoms with van der Waals surface area (Å²) in [7, 11) is 0. The van der Waals surface area contributed by atoms with Gasteiger partial charge in [-0.2, -0.15) is 29.4 Å². The van der Waals surface area contributed by atoms with Crippen molar-refractivity contribution in [3.8, 4) is 11.6 Å². The number of hydrogen-bond acceptors (Lipinski definition) is 3. The molecule has 29 heavy (non-hydrogen) atoms. The van der Waals surface area contributed by atoms with E-state index in [-0.39, 0.29) is 20.1 Å². The Labute approximate surface area is 183 Å². The maximum atomic E-state index is 5.85. The standard InChI is InChI=1S/C24H22N3O.Ir/c1-12-13(2)15(4)23-21-11-19(24-25-16(5)17(6)28-24)26-27(21)20-10-8-7-9-18(20)22(23)14(12)3;/h7-9,11H,1-6H3;/q-1;. The second kappa shape index (κ2) is 6.79. The van der Waals surface area contributed by atoms with Crippen LogP contribution < -0.4 is 0 Å². The van der Waals surface area contributed by atoms with Crippen LogP contribution in [-0.2, 0) is 20.1 Å². The fraction of sp³-hybridized carbons (Fsp3) is 0.250. The summed E-state index contributed by atoms with van der Waals surface area (Å²) in [5, 5.41) is 8.56. The van der Waals surface area contributed by atoms with E-state index in [1.807, 2.05) is 30.5 Å². The van der Waals surface area contributed by atoms with Crippen molar-refractivity contribution in [2.45, 2.75) is 41.5 Å². The van der Waals surface area contributed by atoms with Crippen molar-refractivity contribution in [3.05, 3.63) is 64.0 Å². The van der Waals surface area contributed by atoms with Gasteiger partial charge in [0.25, 0.3) is 0 Å². The quantitative estimate of drug-likeness (QED) is 0.188. The van der Waals surface area contributed by atoms with Gasteiger partial charge in [-0.05, 0) is 75.2 Å². The molecule has 5 rings (SSSR count). The number of para-hydroxylation sites is 1. The third-order valence-electron chi connectivity index (χ3n) is 6.22. The predicted molar refractivity (Wildman–Crippen MR) is 113 cm³/mol. The van der Waals surface area contributed by atoms with E-state index in [4.69, 9.17) is 9.52 Å². The maximum absolute atomic E-state index is 5.85. The van der Waals surface area contributed by atoms with Gasteiger partial charge in [-0.1, -0.05) is 10.9 Å². The Hall–Kier alpha value is -2.49. The minimum Gasteiger partial charge on any atom is -0.440 e. The summed E-state index contributed by atoms with van der Waals surface area (Å²) >= 11 is 0. The number of oxazole rings is 1. The van der Waals surface area contributed by atoms with Crippen LogP contribution >= 0.6 is 0 Å². The Balaban J connectivity index is 0.00000205. The summed E-state index contributed by atoms with van der Waals surface area (Å²) in [6.45, 7) is 12.7. The molecule has 0 aliphatic heterocycles. The van der Waals surface area contributed by atoms with Crippen LogP contribution in [0.25, 0.3) is 38.8 Å². The topological polar surface area (TPSA) is 43.3 Å². The molecule has 0 saturated carbocycles. The Bertz CT molecular complexity index is 1410. The van der Waals surface area contributed by atoms with Crippen LogP contribution in [0, 0.1) is 47.6 Å². The van der Waals surface area contributed by atoms with Crippen LogP contribution in [0.5, 0.6) is 0 Å². The molecule has 4 nitrogen and oxygen atoms in total. The van der Waals surface area contributed by atoms with E-state index in [0.29, 0.717) is 5.89 Å². The Kier molecular flexibility index (Phi) is 4.64. The number of pyridine rings is 1. The van der Waals surface area contributed by atoms with Gasteiger partial charge >= 0.3 is 0 Å². The smallest absolute Gasteiger partial charge is 0.247 e. The third-order valence-corrected chi connectivity index (χ3v) is 6.22. The van der Waals surface area contributed by atoms with E-state index in [1.165, 1.54) is 38.4 Å². The minimum atomic E-state index is 0. The summed E-state index contributed by atoms with van der Waals surface area (Å²) in [5.74, 6) is 1.39. The third kappa shape index (κ3) is 2.68. The van der Waals surface area contributed by atoms with Crippen molar-refractivity contribution in [2.75, 3.05) is 0 Å². The summed E-state index contributed by atoms with van der Waals surface area (Å²) in [6, 6.07) is 11.6. The van der Waals surface area contributed by atoms with Crippen molar-refractivity contribution in [3.63, 3.8) is 0 Å².